The molecule has 0 radical (unpaired) electrons. The first-order valence-electron chi connectivity index (χ1n) is 6.33. The van der Waals surface area contributed by atoms with Gasteiger partial charge in [-0.2, -0.15) is 0 Å². The summed E-state index contributed by atoms with van der Waals surface area (Å²) in [6.45, 7) is 6.33. The first kappa shape index (κ1) is 10.6. The van der Waals surface area contributed by atoms with E-state index in [4.69, 9.17) is 4.99 Å². The van der Waals surface area contributed by atoms with Crippen molar-refractivity contribution in [2.45, 2.75) is 33.4 Å². The Morgan fingerprint density at radius 3 is 2.71 bits per heavy atom. The Labute approximate surface area is 103 Å². The van der Waals surface area contributed by atoms with Gasteiger partial charge in [-0.1, -0.05) is 44.2 Å². The molecule has 0 unspecified atom stereocenters. The van der Waals surface area contributed by atoms with Crippen LogP contribution >= 0.6 is 0 Å². The van der Waals surface area contributed by atoms with Gasteiger partial charge in [0.05, 0.1) is 6.54 Å². The molecule has 2 heterocycles. The highest BCUT2D eigenvalue weighted by atomic mass is 15.2. The van der Waals surface area contributed by atoms with E-state index in [1.807, 2.05) is 0 Å². The Kier molecular flexibility index (Phi) is 2.50. The monoisotopic (exact) mass is 226 g/mol. The van der Waals surface area contributed by atoms with Crippen LogP contribution in [0.5, 0.6) is 0 Å². The molecule has 0 atom stereocenters. The molecule has 0 saturated heterocycles. The van der Waals surface area contributed by atoms with Gasteiger partial charge in [-0.15, -0.1) is 0 Å². The molecule has 0 spiro atoms. The number of aliphatic imine (C=N–C) groups is 1. The number of rotatable bonds is 1. The minimum Gasteiger partial charge on any atom is -0.329 e. The number of fused-ring (bicyclic) bond motifs is 2. The van der Waals surface area contributed by atoms with Gasteiger partial charge in [0.2, 0.25) is 0 Å². The predicted molar refractivity (Wildman–Crippen MR) is 70.7 cm³/mol. The summed E-state index contributed by atoms with van der Waals surface area (Å²) in [5, 5.41) is 0. The van der Waals surface area contributed by atoms with E-state index >= 15 is 0 Å². The molecule has 0 saturated carbocycles. The van der Waals surface area contributed by atoms with Crippen LogP contribution < -0.4 is 0 Å². The number of hydrogen-bond acceptors (Lipinski definition) is 2. The van der Waals surface area contributed by atoms with Gasteiger partial charge in [0, 0.05) is 18.7 Å². The Balaban J connectivity index is 1.98. The van der Waals surface area contributed by atoms with Crippen LogP contribution in [0.4, 0.5) is 0 Å². The maximum Gasteiger partial charge on any atom is 0.108 e. The highest BCUT2D eigenvalue weighted by Gasteiger charge is 2.26. The van der Waals surface area contributed by atoms with Crippen LogP contribution in [-0.2, 0) is 13.1 Å². The number of benzene rings is 1. The molecule has 0 aromatic heterocycles. The zero-order chi connectivity index (χ0) is 11.8. The molecule has 0 amide bonds. The van der Waals surface area contributed by atoms with Crippen molar-refractivity contribution < 1.29 is 0 Å². The second-order valence-corrected chi connectivity index (χ2v) is 5.08. The van der Waals surface area contributed by atoms with Gasteiger partial charge in [-0.05, 0) is 17.0 Å². The summed E-state index contributed by atoms with van der Waals surface area (Å²) in [5.41, 5.74) is 4.22. The summed E-state index contributed by atoms with van der Waals surface area (Å²) < 4.78 is 0. The lowest BCUT2D eigenvalue weighted by molar-refractivity contribution is 0.459. The van der Waals surface area contributed by atoms with E-state index in [1.165, 1.54) is 22.7 Å². The van der Waals surface area contributed by atoms with E-state index in [2.05, 4.69) is 49.1 Å². The van der Waals surface area contributed by atoms with Crippen molar-refractivity contribution in [3.63, 3.8) is 0 Å². The van der Waals surface area contributed by atoms with Crippen molar-refractivity contribution in [1.29, 1.82) is 0 Å². The van der Waals surface area contributed by atoms with Crippen LogP contribution in [-0.4, -0.2) is 10.7 Å². The molecule has 17 heavy (non-hydrogen) atoms. The first-order valence-corrected chi connectivity index (χ1v) is 6.33. The summed E-state index contributed by atoms with van der Waals surface area (Å²) in [6.07, 6.45) is 3.33. The number of hydrogen-bond donors (Lipinski definition) is 0. The average Bonchev–Trinajstić information content (AvgIpc) is 2.63. The molecule has 2 nitrogen and oxygen atoms in total. The van der Waals surface area contributed by atoms with Gasteiger partial charge >= 0.3 is 0 Å². The fourth-order valence-electron chi connectivity index (χ4n) is 2.66. The molecule has 88 valence electrons. The van der Waals surface area contributed by atoms with Crippen molar-refractivity contribution in [1.82, 2.24) is 4.90 Å². The zero-order valence-electron chi connectivity index (χ0n) is 10.5. The molecule has 2 aliphatic heterocycles. The zero-order valence-corrected chi connectivity index (χ0v) is 10.5. The minimum absolute atomic E-state index is 0.577. The SMILES string of the molecule is CC(C)C1=CCC2=NCc3ccccc3CN12. The molecule has 0 N–H and O–H groups in total. The number of allylic oxidation sites excluding steroid dienone is 1. The summed E-state index contributed by atoms with van der Waals surface area (Å²) >= 11 is 0. The normalized spacial score (nSPS) is 18.4. The third-order valence-electron chi connectivity index (χ3n) is 3.59. The molecule has 1 aromatic rings. The topological polar surface area (TPSA) is 15.6 Å². The van der Waals surface area contributed by atoms with Crippen molar-refractivity contribution >= 4 is 5.84 Å². The third-order valence-corrected chi connectivity index (χ3v) is 3.59. The highest BCUT2D eigenvalue weighted by Crippen LogP contribution is 2.29. The second kappa shape index (κ2) is 4.02. The van der Waals surface area contributed by atoms with Crippen LogP contribution in [0.3, 0.4) is 0 Å². The van der Waals surface area contributed by atoms with Gasteiger partial charge in [-0.25, -0.2) is 0 Å². The van der Waals surface area contributed by atoms with Gasteiger partial charge in [-0.3, -0.25) is 4.99 Å². The lowest BCUT2D eigenvalue weighted by Gasteiger charge is -2.24. The summed E-state index contributed by atoms with van der Waals surface area (Å²) in [6, 6.07) is 8.65. The van der Waals surface area contributed by atoms with E-state index in [0.717, 1.165) is 19.5 Å². The summed E-state index contributed by atoms with van der Waals surface area (Å²) in [7, 11) is 0. The van der Waals surface area contributed by atoms with Crippen LogP contribution in [0, 0.1) is 5.92 Å². The van der Waals surface area contributed by atoms with E-state index in [-0.39, 0.29) is 0 Å². The van der Waals surface area contributed by atoms with E-state index in [9.17, 15) is 0 Å². The van der Waals surface area contributed by atoms with Crippen LogP contribution in [0.25, 0.3) is 0 Å². The van der Waals surface area contributed by atoms with Gasteiger partial charge in [0.15, 0.2) is 0 Å². The molecule has 0 aliphatic carbocycles. The van der Waals surface area contributed by atoms with E-state index < -0.39 is 0 Å². The quantitative estimate of drug-likeness (QED) is 0.717. The van der Waals surface area contributed by atoms with Crippen LogP contribution in [0.2, 0.25) is 0 Å². The molecular formula is C15H18N2. The molecule has 3 rings (SSSR count). The maximum atomic E-state index is 4.75. The first-order chi connectivity index (χ1) is 8.25. The Morgan fingerprint density at radius 1 is 1.18 bits per heavy atom. The fraction of sp³-hybridized carbons (Fsp3) is 0.400. The van der Waals surface area contributed by atoms with E-state index in [1.54, 1.807) is 0 Å². The van der Waals surface area contributed by atoms with Gasteiger partial charge in [0.1, 0.15) is 5.84 Å². The Morgan fingerprint density at radius 2 is 1.94 bits per heavy atom. The maximum absolute atomic E-state index is 4.75. The van der Waals surface area contributed by atoms with Crippen LogP contribution in [0.1, 0.15) is 31.4 Å². The summed E-state index contributed by atoms with van der Waals surface area (Å²) in [5.74, 6) is 1.82. The molecular weight excluding hydrogens is 208 g/mol. The summed E-state index contributed by atoms with van der Waals surface area (Å²) in [4.78, 5) is 7.15. The third kappa shape index (κ3) is 1.78. The predicted octanol–water partition coefficient (Wildman–Crippen LogP) is 3.34. The van der Waals surface area contributed by atoms with Gasteiger partial charge < -0.3 is 4.90 Å². The van der Waals surface area contributed by atoms with Crippen molar-refractivity contribution in [2.24, 2.45) is 10.9 Å². The lowest BCUT2D eigenvalue weighted by atomic mass is 10.1. The van der Waals surface area contributed by atoms with Crippen molar-refractivity contribution in [2.75, 3.05) is 0 Å². The molecule has 1 aromatic carbocycles. The number of nitrogens with zero attached hydrogens (tertiary/aromatic N) is 2. The Bertz CT molecular complexity index is 497. The Hall–Kier alpha value is -1.57. The minimum atomic E-state index is 0.577. The smallest absolute Gasteiger partial charge is 0.108 e. The largest absolute Gasteiger partial charge is 0.329 e. The molecule has 2 heteroatoms. The van der Waals surface area contributed by atoms with Crippen LogP contribution in [0.15, 0.2) is 41.0 Å². The lowest BCUT2D eigenvalue weighted by Crippen LogP contribution is -2.26. The van der Waals surface area contributed by atoms with E-state index in [0.29, 0.717) is 5.92 Å². The fourth-order valence-corrected chi connectivity index (χ4v) is 2.66. The highest BCUT2D eigenvalue weighted by molar-refractivity contribution is 5.88. The molecule has 0 bridgehead atoms. The van der Waals surface area contributed by atoms with Gasteiger partial charge in [0.25, 0.3) is 0 Å². The molecule has 0 fully saturated rings. The van der Waals surface area contributed by atoms with Crippen molar-refractivity contribution in [3.8, 4) is 0 Å². The number of amidine groups is 1. The second-order valence-electron chi connectivity index (χ2n) is 5.08. The van der Waals surface area contributed by atoms with Crippen molar-refractivity contribution in [3.05, 3.63) is 47.2 Å². The average molecular weight is 226 g/mol. The standard InChI is InChI=1S/C15H18N2/c1-11(2)14-7-8-15-16-9-12-5-3-4-6-13(12)10-17(14)15/h3-7,11H,8-10H2,1-2H3. The molecule has 2 aliphatic rings.